The number of rotatable bonds is 8. The van der Waals surface area contributed by atoms with E-state index in [2.05, 4.69) is 24.1 Å². The fourth-order valence-corrected chi connectivity index (χ4v) is 1.81. The van der Waals surface area contributed by atoms with E-state index in [-0.39, 0.29) is 6.04 Å². The van der Waals surface area contributed by atoms with Crippen molar-refractivity contribution in [3.8, 4) is 0 Å². The lowest BCUT2D eigenvalue weighted by molar-refractivity contribution is -0.145. The predicted octanol–water partition coefficient (Wildman–Crippen LogP) is 1.95. The van der Waals surface area contributed by atoms with Gasteiger partial charge in [0.15, 0.2) is 0 Å². The minimum absolute atomic E-state index is 0.171. The van der Waals surface area contributed by atoms with Crippen molar-refractivity contribution in [3.05, 3.63) is 0 Å². The van der Waals surface area contributed by atoms with Crippen LogP contribution in [0.5, 0.6) is 0 Å². The van der Waals surface area contributed by atoms with Crippen LogP contribution in [-0.2, 0) is 4.79 Å². The lowest BCUT2D eigenvalue weighted by Gasteiger charge is -2.32. The van der Waals surface area contributed by atoms with Gasteiger partial charge < -0.3 is 10.0 Å². The molecule has 0 aliphatic rings. The van der Waals surface area contributed by atoms with E-state index in [1.54, 1.807) is 6.92 Å². The van der Waals surface area contributed by atoms with Crippen molar-refractivity contribution in [3.63, 3.8) is 0 Å². The standard InChI is InChI=1S/C13H28N2O2/c1-7-11(4)15(6)9-8-13(5,12(16)17)14-10(2)3/h10-11,14H,7-9H2,1-6H3,(H,16,17). The lowest BCUT2D eigenvalue weighted by atomic mass is 9.96. The molecule has 0 aliphatic carbocycles. The third kappa shape index (κ3) is 5.50. The Morgan fingerprint density at radius 2 is 1.94 bits per heavy atom. The maximum Gasteiger partial charge on any atom is 0.323 e. The first-order valence-corrected chi connectivity index (χ1v) is 6.44. The molecule has 2 unspecified atom stereocenters. The summed E-state index contributed by atoms with van der Waals surface area (Å²) in [6.45, 7) is 10.8. The Morgan fingerprint density at radius 3 is 2.29 bits per heavy atom. The van der Waals surface area contributed by atoms with Crippen molar-refractivity contribution in [2.45, 2.75) is 65.1 Å². The molecular weight excluding hydrogens is 216 g/mol. The lowest BCUT2D eigenvalue weighted by Crippen LogP contribution is -2.54. The van der Waals surface area contributed by atoms with Crippen molar-refractivity contribution in [1.82, 2.24) is 10.2 Å². The SMILES string of the molecule is CCC(C)N(C)CCC(C)(NC(C)C)C(=O)O. The number of nitrogens with one attached hydrogen (secondary N) is 1. The van der Waals surface area contributed by atoms with Crippen LogP contribution in [0.15, 0.2) is 0 Å². The summed E-state index contributed by atoms with van der Waals surface area (Å²) >= 11 is 0. The molecular formula is C13H28N2O2. The largest absolute Gasteiger partial charge is 0.480 e. The zero-order valence-corrected chi connectivity index (χ0v) is 12.1. The Kier molecular flexibility index (Phi) is 6.72. The van der Waals surface area contributed by atoms with Crippen LogP contribution in [0.3, 0.4) is 0 Å². The molecule has 0 amide bonds. The highest BCUT2D eigenvalue weighted by Gasteiger charge is 2.33. The molecule has 4 nitrogen and oxygen atoms in total. The number of nitrogens with zero attached hydrogens (tertiary/aromatic N) is 1. The normalized spacial score (nSPS) is 17.2. The molecule has 0 bridgehead atoms. The van der Waals surface area contributed by atoms with Gasteiger partial charge in [0.25, 0.3) is 0 Å². The van der Waals surface area contributed by atoms with Crippen LogP contribution in [-0.4, -0.2) is 47.2 Å². The first kappa shape index (κ1) is 16.4. The smallest absolute Gasteiger partial charge is 0.323 e. The van der Waals surface area contributed by atoms with Crippen molar-refractivity contribution in [2.24, 2.45) is 0 Å². The van der Waals surface area contributed by atoms with Gasteiger partial charge >= 0.3 is 5.97 Å². The highest BCUT2D eigenvalue weighted by molar-refractivity contribution is 5.78. The van der Waals surface area contributed by atoms with E-state index in [0.717, 1.165) is 13.0 Å². The number of carboxylic acids is 1. The molecule has 0 heterocycles. The molecule has 4 heteroatoms. The fourth-order valence-electron chi connectivity index (χ4n) is 1.81. The molecule has 2 atom stereocenters. The average molecular weight is 244 g/mol. The Hall–Kier alpha value is -0.610. The van der Waals surface area contributed by atoms with Crippen LogP contribution in [0.1, 0.15) is 47.5 Å². The highest BCUT2D eigenvalue weighted by Crippen LogP contribution is 2.13. The van der Waals surface area contributed by atoms with Gasteiger partial charge in [-0.3, -0.25) is 10.1 Å². The Bertz CT molecular complexity index is 244. The summed E-state index contributed by atoms with van der Waals surface area (Å²) < 4.78 is 0. The van der Waals surface area contributed by atoms with Gasteiger partial charge in [0, 0.05) is 18.6 Å². The van der Waals surface area contributed by atoms with E-state index in [9.17, 15) is 9.90 Å². The molecule has 0 aliphatic heterocycles. The topological polar surface area (TPSA) is 52.6 Å². The summed E-state index contributed by atoms with van der Waals surface area (Å²) in [5.41, 5.74) is -0.837. The second kappa shape index (κ2) is 6.97. The Balaban J connectivity index is 4.41. The summed E-state index contributed by atoms with van der Waals surface area (Å²) in [6.07, 6.45) is 1.69. The van der Waals surface area contributed by atoms with Crippen LogP contribution >= 0.6 is 0 Å². The van der Waals surface area contributed by atoms with Gasteiger partial charge in [-0.2, -0.15) is 0 Å². The van der Waals surface area contributed by atoms with Gasteiger partial charge in [0.05, 0.1) is 0 Å². The molecule has 0 aromatic heterocycles. The molecule has 0 rings (SSSR count). The minimum atomic E-state index is -0.837. The molecule has 17 heavy (non-hydrogen) atoms. The van der Waals surface area contributed by atoms with E-state index in [4.69, 9.17) is 0 Å². The summed E-state index contributed by atoms with van der Waals surface area (Å²) in [6, 6.07) is 0.664. The van der Waals surface area contributed by atoms with Crippen LogP contribution in [0.25, 0.3) is 0 Å². The maximum atomic E-state index is 11.3. The minimum Gasteiger partial charge on any atom is -0.480 e. The number of carbonyl (C=O) groups is 1. The van der Waals surface area contributed by atoms with Crippen molar-refractivity contribution >= 4 is 5.97 Å². The molecule has 0 saturated carbocycles. The van der Waals surface area contributed by atoms with E-state index in [1.165, 1.54) is 0 Å². The molecule has 0 saturated heterocycles. The zero-order valence-electron chi connectivity index (χ0n) is 12.1. The Morgan fingerprint density at radius 1 is 1.41 bits per heavy atom. The van der Waals surface area contributed by atoms with E-state index < -0.39 is 11.5 Å². The zero-order chi connectivity index (χ0) is 13.6. The third-order valence-corrected chi connectivity index (χ3v) is 3.39. The van der Waals surface area contributed by atoms with E-state index in [1.807, 2.05) is 20.9 Å². The molecule has 2 N–H and O–H groups in total. The van der Waals surface area contributed by atoms with Crippen LogP contribution in [0, 0.1) is 0 Å². The summed E-state index contributed by atoms with van der Waals surface area (Å²) in [5, 5.41) is 12.5. The van der Waals surface area contributed by atoms with Gasteiger partial charge in [0.2, 0.25) is 0 Å². The molecule has 0 aromatic carbocycles. The van der Waals surface area contributed by atoms with Gasteiger partial charge in [-0.05, 0) is 47.6 Å². The third-order valence-electron chi connectivity index (χ3n) is 3.39. The monoisotopic (exact) mass is 244 g/mol. The quantitative estimate of drug-likeness (QED) is 0.685. The van der Waals surface area contributed by atoms with Crippen LogP contribution < -0.4 is 5.32 Å². The number of aliphatic carboxylic acids is 1. The summed E-state index contributed by atoms with van der Waals surface area (Å²) in [5.74, 6) is -0.774. The number of hydrogen-bond acceptors (Lipinski definition) is 3. The van der Waals surface area contributed by atoms with Gasteiger partial charge in [-0.1, -0.05) is 6.92 Å². The fraction of sp³-hybridized carbons (Fsp3) is 0.923. The highest BCUT2D eigenvalue weighted by atomic mass is 16.4. The van der Waals surface area contributed by atoms with Gasteiger partial charge in [-0.25, -0.2) is 0 Å². The average Bonchev–Trinajstić information content (AvgIpc) is 2.23. The predicted molar refractivity (Wildman–Crippen MR) is 71.3 cm³/mol. The second-order valence-electron chi connectivity index (χ2n) is 5.42. The van der Waals surface area contributed by atoms with Gasteiger partial charge in [0.1, 0.15) is 5.54 Å². The summed E-state index contributed by atoms with van der Waals surface area (Å²) in [4.78, 5) is 13.5. The van der Waals surface area contributed by atoms with Crippen LogP contribution in [0.4, 0.5) is 0 Å². The Labute approximate surface area is 105 Å². The first-order chi connectivity index (χ1) is 7.73. The van der Waals surface area contributed by atoms with E-state index in [0.29, 0.717) is 12.5 Å². The van der Waals surface area contributed by atoms with Gasteiger partial charge in [-0.15, -0.1) is 0 Å². The van der Waals surface area contributed by atoms with Crippen molar-refractivity contribution < 1.29 is 9.90 Å². The molecule has 0 fully saturated rings. The van der Waals surface area contributed by atoms with Crippen molar-refractivity contribution in [1.29, 1.82) is 0 Å². The number of hydrogen-bond donors (Lipinski definition) is 2. The summed E-state index contributed by atoms with van der Waals surface area (Å²) in [7, 11) is 2.05. The second-order valence-corrected chi connectivity index (χ2v) is 5.42. The van der Waals surface area contributed by atoms with E-state index >= 15 is 0 Å². The molecule has 0 radical (unpaired) electrons. The van der Waals surface area contributed by atoms with Crippen molar-refractivity contribution in [2.75, 3.05) is 13.6 Å². The molecule has 102 valence electrons. The van der Waals surface area contributed by atoms with Crippen LogP contribution in [0.2, 0.25) is 0 Å². The first-order valence-electron chi connectivity index (χ1n) is 6.44. The maximum absolute atomic E-state index is 11.3. The number of carboxylic acid groups (broad SMARTS) is 1. The molecule has 0 aromatic rings. The molecule has 0 spiro atoms.